The van der Waals surface area contributed by atoms with Gasteiger partial charge in [0, 0.05) is 25.7 Å². The molecule has 1 aromatic heterocycles. The minimum Gasteiger partial charge on any atom is -0.494 e. The van der Waals surface area contributed by atoms with Crippen LogP contribution in [0.3, 0.4) is 0 Å². The van der Waals surface area contributed by atoms with Crippen molar-refractivity contribution in [2.45, 2.75) is 0 Å². The van der Waals surface area contributed by atoms with E-state index in [9.17, 15) is 14.3 Å². The van der Waals surface area contributed by atoms with Crippen molar-refractivity contribution in [3.8, 4) is 17.1 Å². The van der Waals surface area contributed by atoms with Crippen LogP contribution in [0.25, 0.3) is 11.3 Å². The van der Waals surface area contributed by atoms with Crippen LogP contribution >= 0.6 is 0 Å². The Bertz CT molecular complexity index is 730. The number of ether oxygens (including phenoxy) is 1. The number of hydrogen-bond donors (Lipinski definition) is 1. The smallest absolute Gasteiger partial charge is 0.343 e. The molecule has 1 heterocycles. The quantitative estimate of drug-likeness (QED) is 0.829. The van der Waals surface area contributed by atoms with Gasteiger partial charge in [-0.15, -0.1) is 0 Å². The van der Waals surface area contributed by atoms with E-state index in [0.29, 0.717) is 12.1 Å². The fourth-order valence-corrected chi connectivity index (χ4v) is 2.19. The van der Waals surface area contributed by atoms with E-state index < -0.39 is 11.8 Å². The highest BCUT2D eigenvalue weighted by Gasteiger charge is 2.26. The first kappa shape index (κ1) is 17.7. The monoisotopic (exact) mass is 337 g/mol. The fourth-order valence-electron chi connectivity index (χ4n) is 2.19. The SMILES string of the molecule is COc1cc(-c2onc(N(C)CCN(C)C)c2C(=O)O)ccc1F. The lowest BCUT2D eigenvalue weighted by Crippen LogP contribution is -2.29. The van der Waals surface area contributed by atoms with Crippen molar-refractivity contribution in [1.82, 2.24) is 10.1 Å². The van der Waals surface area contributed by atoms with Crippen molar-refractivity contribution < 1.29 is 23.6 Å². The van der Waals surface area contributed by atoms with Crippen LogP contribution in [0.5, 0.6) is 5.75 Å². The van der Waals surface area contributed by atoms with Crippen molar-refractivity contribution >= 4 is 11.8 Å². The molecular formula is C16H20FN3O4. The maximum Gasteiger partial charge on any atom is 0.343 e. The minimum absolute atomic E-state index is 0.00255. The van der Waals surface area contributed by atoms with Crippen molar-refractivity contribution in [2.75, 3.05) is 46.2 Å². The number of nitrogens with zero attached hydrogens (tertiary/aromatic N) is 3. The molecule has 130 valence electrons. The number of carboxylic acids is 1. The van der Waals surface area contributed by atoms with Gasteiger partial charge in [-0.2, -0.15) is 0 Å². The molecule has 8 heteroatoms. The Morgan fingerprint density at radius 3 is 2.62 bits per heavy atom. The summed E-state index contributed by atoms with van der Waals surface area (Å²) in [6.45, 7) is 1.30. The highest BCUT2D eigenvalue weighted by atomic mass is 19.1. The number of anilines is 1. The number of aromatic carboxylic acids is 1. The number of rotatable bonds is 7. The van der Waals surface area contributed by atoms with Crippen LogP contribution in [0.4, 0.5) is 10.2 Å². The Kier molecular flexibility index (Phi) is 5.40. The molecular weight excluding hydrogens is 317 g/mol. The Morgan fingerprint density at radius 2 is 2.04 bits per heavy atom. The third kappa shape index (κ3) is 3.65. The van der Waals surface area contributed by atoms with E-state index in [1.807, 2.05) is 19.0 Å². The van der Waals surface area contributed by atoms with Crippen LogP contribution in [-0.2, 0) is 0 Å². The zero-order chi connectivity index (χ0) is 17.9. The van der Waals surface area contributed by atoms with Crippen LogP contribution in [0.2, 0.25) is 0 Å². The lowest BCUT2D eigenvalue weighted by molar-refractivity contribution is 0.0698. The summed E-state index contributed by atoms with van der Waals surface area (Å²) in [7, 11) is 6.92. The van der Waals surface area contributed by atoms with E-state index in [1.165, 1.54) is 25.3 Å². The summed E-state index contributed by atoms with van der Waals surface area (Å²) in [5, 5.41) is 13.4. The second kappa shape index (κ2) is 7.31. The first-order valence-electron chi connectivity index (χ1n) is 7.28. The Labute approximate surface area is 139 Å². The maximum atomic E-state index is 13.6. The predicted molar refractivity (Wildman–Crippen MR) is 87.2 cm³/mol. The molecule has 0 aliphatic rings. The van der Waals surface area contributed by atoms with Crippen molar-refractivity contribution in [1.29, 1.82) is 0 Å². The fraction of sp³-hybridized carbons (Fsp3) is 0.375. The molecule has 0 amide bonds. The van der Waals surface area contributed by atoms with Gasteiger partial charge in [-0.1, -0.05) is 5.16 Å². The van der Waals surface area contributed by atoms with Gasteiger partial charge in [-0.05, 0) is 32.3 Å². The molecule has 2 aromatic rings. The predicted octanol–water partition coefficient (Wildman–Crippen LogP) is 2.19. The van der Waals surface area contributed by atoms with E-state index in [1.54, 1.807) is 11.9 Å². The van der Waals surface area contributed by atoms with Gasteiger partial charge in [0.15, 0.2) is 28.7 Å². The molecule has 7 nitrogen and oxygen atoms in total. The summed E-state index contributed by atoms with van der Waals surface area (Å²) in [4.78, 5) is 15.4. The van der Waals surface area contributed by atoms with Crippen LogP contribution in [0, 0.1) is 5.82 Å². The molecule has 0 atom stereocenters. The molecule has 1 aromatic carbocycles. The first-order chi connectivity index (χ1) is 11.3. The van der Waals surface area contributed by atoms with Gasteiger partial charge in [0.25, 0.3) is 0 Å². The molecule has 1 N–H and O–H groups in total. The van der Waals surface area contributed by atoms with Crippen LogP contribution in [0.1, 0.15) is 10.4 Å². The number of benzene rings is 1. The zero-order valence-electron chi connectivity index (χ0n) is 14.0. The molecule has 0 aliphatic heterocycles. The number of likely N-dealkylation sites (N-methyl/N-ethyl adjacent to an activating group) is 2. The third-order valence-electron chi connectivity index (χ3n) is 3.55. The Hall–Kier alpha value is -2.61. The summed E-state index contributed by atoms with van der Waals surface area (Å²) in [6.07, 6.45) is 0. The number of halogens is 1. The number of carbonyl (C=O) groups is 1. The normalized spacial score (nSPS) is 10.9. The molecule has 24 heavy (non-hydrogen) atoms. The molecule has 0 saturated heterocycles. The van der Waals surface area contributed by atoms with Crippen LogP contribution in [0.15, 0.2) is 22.7 Å². The summed E-state index contributed by atoms with van der Waals surface area (Å²) >= 11 is 0. The van der Waals surface area contributed by atoms with E-state index >= 15 is 0 Å². The number of carboxylic acid groups (broad SMARTS) is 1. The lowest BCUT2D eigenvalue weighted by atomic mass is 10.1. The summed E-state index contributed by atoms with van der Waals surface area (Å²) in [5.41, 5.74) is 0.315. The van der Waals surface area contributed by atoms with Gasteiger partial charge in [0.1, 0.15) is 0 Å². The largest absolute Gasteiger partial charge is 0.494 e. The van der Waals surface area contributed by atoms with Gasteiger partial charge in [0.2, 0.25) is 0 Å². The molecule has 0 aliphatic carbocycles. The molecule has 0 radical (unpaired) electrons. The summed E-state index contributed by atoms with van der Waals surface area (Å²) in [6, 6.07) is 4.00. The average Bonchev–Trinajstić information content (AvgIpc) is 2.98. The van der Waals surface area contributed by atoms with E-state index in [0.717, 1.165) is 6.54 Å². The zero-order valence-corrected chi connectivity index (χ0v) is 14.0. The van der Waals surface area contributed by atoms with E-state index in [4.69, 9.17) is 9.26 Å². The minimum atomic E-state index is -1.17. The lowest BCUT2D eigenvalue weighted by Gasteiger charge is -2.19. The molecule has 0 bridgehead atoms. The van der Waals surface area contributed by atoms with Gasteiger partial charge >= 0.3 is 5.97 Å². The molecule has 0 saturated carbocycles. The van der Waals surface area contributed by atoms with Gasteiger partial charge in [0.05, 0.1) is 7.11 Å². The number of methoxy groups -OCH3 is 1. The van der Waals surface area contributed by atoms with Gasteiger partial charge in [-0.25, -0.2) is 9.18 Å². The summed E-state index contributed by atoms with van der Waals surface area (Å²) < 4.78 is 23.7. The molecule has 0 unspecified atom stereocenters. The van der Waals surface area contributed by atoms with Crippen molar-refractivity contribution in [2.24, 2.45) is 0 Å². The highest BCUT2D eigenvalue weighted by molar-refractivity contribution is 5.99. The van der Waals surface area contributed by atoms with Crippen LogP contribution < -0.4 is 9.64 Å². The van der Waals surface area contributed by atoms with Crippen LogP contribution in [-0.4, -0.2) is 62.5 Å². The van der Waals surface area contributed by atoms with Crippen molar-refractivity contribution in [3.63, 3.8) is 0 Å². The highest BCUT2D eigenvalue weighted by Crippen LogP contribution is 2.33. The second-order valence-electron chi connectivity index (χ2n) is 5.59. The van der Waals surface area contributed by atoms with Gasteiger partial charge < -0.3 is 24.2 Å². The standard InChI is InChI=1S/C16H20FN3O4/c1-19(2)7-8-20(3)15-13(16(21)22)14(24-18-15)10-5-6-11(17)12(9-10)23-4/h5-6,9H,7-8H2,1-4H3,(H,21,22). The number of aromatic nitrogens is 1. The Balaban J connectivity index is 2.43. The average molecular weight is 337 g/mol. The molecule has 0 spiro atoms. The second-order valence-corrected chi connectivity index (χ2v) is 5.59. The maximum absolute atomic E-state index is 13.6. The van der Waals surface area contributed by atoms with Crippen molar-refractivity contribution in [3.05, 3.63) is 29.6 Å². The van der Waals surface area contributed by atoms with Gasteiger partial charge in [-0.3, -0.25) is 0 Å². The van der Waals surface area contributed by atoms with E-state index in [-0.39, 0.29) is 22.9 Å². The van der Waals surface area contributed by atoms with E-state index in [2.05, 4.69) is 5.16 Å². The topological polar surface area (TPSA) is 79.0 Å². The third-order valence-corrected chi connectivity index (χ3v) is 3.55. The summed E-state index contributed by atoms with van der Waals surface area (Å²) in [5.74, 6) is -1.42. The molecule has 2 rings (SSSR count). The first-order valence-corrected chi connectivity index (χ1v) is 7.28. The molecule has 0 fully saturated rings. The number of hydrogen-bond acceptors (Lipinski definition) is 6. The Morgan fingerprint density at radius 1 is 1.33 bits per heavy atom.